The zero-order valence-electron chi connectivity index (χ0n) is 18.5. The second-order valence-corrected chi connectivity index (χ2v) is 9.89. The molecule has 0 spiro atoms. The van der Waals surface area contributed by atoms with Gasteiger partial charge in [0.05, 0.1) is 17.2 Å². The van der Waals surface area contributed by atoms with Crippen molar-refractivity contribution in [3.8, 4) is 5.75 Å². The van der Waals surface area contributed by atoms with E-state index in [1.165, 1.54) is 18.2 Å². The van der Waals surface area contributed by atoms with Crippen LogP contribution >= 0.6 is 0 Å². The number of pyridine rings is 1. The minimum Gasteiger partial charge on any atom is -0.491 e. The second kappa shape index (κ2) is 9.89. The van der Waals surface area contributed by atoms with Gasteiger partial charge in [-0.05, 0) is 55.4 Å². The first-order chi connectivity index (χ1) is 16.2. The number of rotatable bonds is 8. The van der Waals surface area contributed by atoms with Gasteiger partial charge in [0.1, 0.15) is 35.0 Å². The van der Waals surface area contributed by atoms with Crippen molar-refractivity contribution >= 4 is 22.7 Å². The van der Waals surface area contributed by atoms with Crippen LogP contribution in [0.2, 0.25) is 0 Å². The van der Waals surface area contributed by atoms with E-state index in [1.807, 2.05) is 4.90 Å². The van der Waals surface area contributed by atoms with Crippen LogP contribution in [0.4, 0.5) is 23.4 Å². The Morgan fingerprint density at radius 3 is 2.65 bits per heavy atom. The zero-order chi connectivity index (χ0) is 24.5. The third-order valence-corrected chi connectivity index (χ3v) is 6.95. The maximum Gasteiger partial charge on any atom is 0.417 e. The standard InChI is InChI=1S/C23H25F4N3O3S/c1-2-34(32)29-22(31)18-10-17(14-5-6-14)20(11-19(18)24)33-13-16-4-3-9-30(16)21-8-7-15(12-28-21)23(25,26)27/h7-8,10-12,14,16H,2-6,9,13H2,1H3,(H,29,31). The quantitative estimate of drug-likeness (QED) is 0.539. The van der Waals surface area contributed by atoms with E-state index in [0.29, 0.717) is 18.1 Å². The van der Waals surface area contributed by atoms with Gasteiger partial charge in [-0.25, -0.2) is 13.6 Å². The highest BCUT2D eigenvalue weighted by molar-refractivity contribution is 7.83. The summed E-state index contributed by atoms with van der Waals surface area (Å²) in [7, 11) is -1.58. The molecule has 2 aromatic rings. The van der Waals surface area contributed by atoms with Crippen LogP contribution in [0.1, 0.15) is 60.0 Å². The van der Waals surface area contributed by atoms with Crippen LogP contribution < -0.4 is 14.4 Å². The van der Waals surface area contributed by atoms with Crippen LogP contribution in [-0.2, 0) is 17.2 Å². The van der Waals surface area contributed by atoms with Crippen LogP contribution in [0, 0.1) is 5.82 Å². The smallest absolute Gasteiger partial charge is 0.417 e. The number of aromatic nitrogens is 1. The highest BCUT2D eigenvalue weighted by atomic mass is 32.2. The van der Waals surface area contributed by atoms with E-state index in [1.54, 1.807) is 6.92 Å². The second-order valence-electron chi connectivity index (χ2n) is 8.41. The minimum atomic E-state index is -4.45. The SMILES string of the molecule is CCS(=O)NC(=O)c1cc(C2CC2)c(OCC2CCCN2c2ccc(C(F)(F)F)cn2)cc1F. The van der Waals surface area contributed by atoms with Gasteiger partial charge in [0.25, 0.3) is 5.91 Å². The fourth-order valence-electron chi connectivity index (χ4n) is 4.03. The first kappa shape index (κ1) is 24.4. The van der Waals surface area contributed by atoms with E-state index in [2.05, 4.69) is 9.71 Å². The van der Waals surface area contributed by atoms with E-state index >= 15 is 0 Å². The number of carbonyl (C=O) groups is 1. The molecular weight excluding hydrogens is 474 g/mol. The Bertz CT molecular complexity index is 1070. The van der Waals surface area contributed by atoms with Crippen molar-refractivity contribution in [2.24, 2.45) is 0 Å². The molecule has 4 rings (SSSR count). The van der Waals surface area contributed by atoms with Crippen molar-refractivity contribution in [2.45, 2.75) is 50.7 Å². The topological polar surface area (TPSA) is 71.5 Å². The van der Waals surface area contributed by atoms with E-state index in [9.17, 15) is 26.6 Å². The fourth-order valence-corrected chi connectivity index (χ4v) is 4.50. The Morgan fingerprint density at radius 2 is 2.03 bits per heavy atom. The maximum atomic E-state index is 14.7. The number of hydrogen-bond acceptors (Lipinski definition) is 5. The number of benzene rings is 1. The summed E-state index contributed by atoms with van der Waals surface area (Å²) in [6.07, 6.45) is -0.246. The molecule has 1 aromatic heterocycles. The van der Waals surface area contributed by atoms with Gasteiger partial charge in [-0.1, -0.05) is 6.92 Å². The van der Waals surface area contributed by atoms with Crippen LogP contribution in [0.25, 0.3) is 0 Å². The lowest BCUT2D eigenvalue weighted by atomic mass is 10.0. The molecule has 1 aliphatic heterocycles. The number of amides is 1. The molecule has 1 aromatic carbocycles. The van der Waals surface area contributed by atoms with E-state index in [4.69, 9.17) is 4.74 Å². The molecule has 1 saturated heterocycles. The largest absolute Gasteiger partial charge is 0.491 e. The summed E-state index contributed by atoms with van der Waals surface area (Å²) in [6, 6.07) is 4.88. The summed E-state index contributed by atoms with van der Waals surface area (Å²) in [5, 5.41) is 0. The molecule has 2 heterocycles. The van der Waals surface area contributed by atoms with Crippen LogP contribution in [-0.4, -0.2) is 40.0 Å². The summed E-state index contributed by atoms with van der Waals surface area (Å²) < 4.78 is 73.2. The van der Waals surface area contributed by atoms with Gasteiger partial charge in [-0.15, -0.1) is 0 Å². The van der Waals surface area contributed by atoms with Gasteiger partial charge in [-0.2, -0.15) is 13.2 Å². The summed E-state index contributed by atoms with van der Waals surface area (Å²) >= 11 is 0. The molecule has 0 bridgehead atoms. The predicted octanol–water partition coefficient (Wildman–Crippen LogP) is 4.58. The number of anilines is 1. The van der Waals surface area contributed by atoms with E-state index < -0.39 is 34.4 Å². The average Bonchev–Trinajstić information content (AvgIpc) is 3.53. The lowest BCUT2D eigenvalue weighted by molar-refractivity contribution is -0.137. The van der Waals surface area contributed by atoms with Crippen LogP contribution in [0.15, 0.2) is 30.5 Å². The Balaban J connectivity index is 1.48. The summed E-state index contributed by atoms with van der Waals surface area (Å²) in [5.74, 6) is -0.339. The van der Waals surface area contributed by atoms with Crippen LogP contribution in [0.3, 0.4) is 0 Å². The minimum absolute atomic E-state index is 0.130. The number of halogens is 4. The molecule has 1 N–H and O–H groups in total. The van der Waals surface area contributed by atoms with Gasteiger partial charge in [0.2, 0.25) is 0 Å². The zero-order valence-corrected chi connectivity index (χ0v) is 19.3. The van der Waals surface area contributed by atoms with Crippen LogP contribution in [0.5, 0.6) is 5.75 Å². The molecule has 11 heteroatoms. The molecule has 2 aliphatic rings. The molecule has 0 radical (unpaired) electrons. The third kappa shape index (κ3) is 5.51. The number of ether oxygens (including phenoxy) is 1. The van der Waals surface area contributed by atoms with Crippen molar-refractivity contribution in [2.75, 3.05) is 23.8 Å². The van der Waals surface area contributed by atoms with Crippen molar-refractivity contribution in [3.63, 3.8) is 0 Å². The van der Waals surface area contributed by atoms with Gasteiger partial charge >= 0.3 is 6.18 Å². The highest BCUT2D eigenvalue weighted by Gasteiger charge is 2.33. The molecule has 6 nitrogen and oxygen atoms in total. The number of nitrogens with zero attached hydrogens (tertiary/aromatic N) is 2. The Hall–Kier alpha value is -2.69. The molecule has 184 valence electrons. The molecule has 34 heavy (non-hydrogen) atoms. The molecule has 1 aliphatic carbocycles. The van der Waals surface area contributed by atoms with Gasteiger partial charge < -0.3 is 9.64 Å². The van der Waals surface area contributed by atoms with Gasteiger partial charge in [0.15, 0.2) is 0 Å². The van der Waals surface area contributed by atoms with Gasteiger partial charge in [-0.3, -0.25) is 9.52 Å². The van der Waals surface area contributed by atoms with Crippen molar-refractivity contribution in [3.05, 3.63) is 53.0 Å². The predicted molar refractivity (Wildman–Crippen MR) is 120 cm³/mol. The summed E-state index contributed by atoms with van der Waals surface area (Å²) in [6.45, 7) is 2.48. The van der Waals surface area contributed by atoms with Crippen molar-refractivity contribution in [1.29, 1.82) is 0 Å². The lowest BCUT2D eigenvalue weighted by Crippen LogP contribution is -2.35. The van der Waals surface area contributed by atoms with Crippen molar-refractivity contribution in [1.82, 2.24) is 9.71 Å². The molecule has 2 unspecified atom stereocenters. The van der Waals surface area contributed by atoms with E-state index in [0.717, 1.165) is 43.5 Å². The lowest BCUT2D eigenvalue weighted by Gasteiger charge is -2.26. The first-order valence-corrected chi connectivity index (χ1v) is 12.4. The summed E-state index contributed by atoms with van der Waals surface area (Å²) in [4.78, 5) is 18.2. The molecule has 2 fully saturated rings. The molecule has 2 atom stereocenters. The average molecular weight is 500 g/mol. The fraction of sp³-hybridized carbons (Fsp3) is 0.478. The number of carbonyl (C=O) groups excluding carboxylic acids is 1. The molecule has 1 saturated carbocycles. The Labute approximate surface area is 197 Å². The number of alkyl halides is 3. The highest BCUT2D eigenvalue weighted by Crippen LogP contribution is 2.45. The Morgan fingerprint density at radius 1 is 1.26 bits per heavy atom. The maximum absolute atomic E-state index is 14.7. The normalized spacial score (nSPS) is 19.2. The first-order valence-electron chi connectivity index (χ1n) is 11.1. The monoisotopic (exact) mass is 499 g/mol. The van der Waals surface area contributed by atoms with E-state index in [-0.39, 0.29) is 29.9 Å². The van der Waals surface area contributed by atoms with Crippen molar-refractivity contribution < 1.29 is 31.3 Å². The number of nitrogens with one attached hydrogen (secondary N) is 1. The Kier molecular flexibility index (Phi) is 7.11. The third-order valence-electron chi connectivity index (χ3n) is 6.01. The number of hydrogen-bond donors (Lipinski definition) is 1. The van der Waals surface area contributed by atoms with Gasteiger partial charge in [0, 0.05) is 24.6 Å². The molecule has 1 amide bonds. The summed E-state index contributed by atoms with van der Waals surface area (Å²) in [5.41, 5.74) is -0.252. The molecular formula is C23H25F4N3O3S.